The number of carbonyl (C=O) groups is 1. The molecule has 0 radical (unpaired) electrons. The first kappa shape index (κ1) is 11.8. The molecule has 4 nitrogen and oxygen atoms in total. The number of nitrogens with one attached hydrogen (secondary N) is 1. The van der Waals surface area contributed by atoms with E-state index in [0.29, 0.717) is 17.1 Å². The molecule has 0 saturated carbocycles. The highest BCUT2D eigenvalue weighted by Crippen LogP contribution is 2.20. The van der Waals surface area contributed by atoms with Crippen molar-refractivity contribution in [3.05, 3.63) is 23.5 Å². The summed E-state index contributed by atoms with van der Waals surface area (Å²) in [5, 5.41) is 12.2. The van der Waals surface area contributed by atoms with Crippen molar-refractivity contribution in [3.8, 4) is 0 Å². The number of aromatic nitrogens is 1. The fraction of sp³-hybridized carbons (Fsp3) is 0.400. The molecule has 82 valence electrons. The zero-order chi connectivity index (χ0) is 11.3. The lowest BCUT2D eigenvalue weighted by atomic mass is 10.1. The third-order valence-electron chi connectivity index (χ3n) is 1.98. The number of halogens is 1. The predicted octanol–water partition coefficient (Wildman–Crippen LogP) is 2.40. The Hall–Kier alpha value is -1.29. The van der Waals surface area contributed by atoms with Crippen LogP contribution in [0.15, 0.2) is 18.5 Å². The van der Waals surface area contributed by atoms with Crippen LogP contribution in [0.3, 0.4) is 0 Å². The van der Waals surface area contributed by atoms with E-state index in [2.05, 4.69) is 10.3 Å². The van der Waals surface area contributed by atoms with Crippen molar-refractivity contribution in [1.29, 1.82) is 0 Å². The van der Waals surface area contributed by atoms with Gasteiger partial charge in [-0.1, -0.05) is 24.9 Å². The SMILES string of the molecule is CCCC(Nc1ccncc1Cl)C(=O)O. The number of rotatable bonds is 5. The van der Waals surface area contributed by atoms with E-state index in [0.717, 1.165) is 6.42 Å². The van der Waals surface area contributed by atoms with Crippen molar-refractivity contribution in [1.82, 2.24) is 4.98 Å². The van der Waals surface area contributed by atoms with Crippen LogP contribution in [0.4, 0.5) is 5.69 Å². The Balaban J connectivity index is 2.74. The number of hydrogen-bond donors (Lipinski definition) is 2. The molecule has 0 saturated heterocycles. The molecule has 2 N–H and O–H groups in total. The molecule has 1 unspecified atom stereocenters. The molecular formula is C10H13ClN2O2. The quantitative estimate of drug-likeness (QED) is 0.813. The van der Waals surface area contributed by atoms with Crippen molar-refractivity contribution in [2.45, 2.75) is 25.8 Å². The standard InChI is InChI=1S/C10H13ClN2O2/c1-2-3-9(10(14)15)13-8-4-5-12-6-7(8)11/h4-6,9H,2-3H2,1H3,(H,12,13)(H,14,15). The third-order valence-corrected chi connectivity index (χ3v) is 2.28. The van der Waals surface area contributed by atoms with Crippen LogP contribution in [0, 0.1) is 0 Å². The van der Waals surface area contributed by atoms with Gasteiger partial charge in [-0.3, -0.25) is 4.98 Å². The summed E-state index contributed by atoms with van der Waals surface area (Å²) in [4.78, 5) is 14.7. The second-order valence-electron chi connectivity index (χ2n) is 3.18. The van der Waals surface area contributed by atoms with E-state index in [1.54, 1.807) is 12.3 Å². The Kier molecular flexibility index (Phi) is 4.37. The first-order chi connectivity index (χ1) is 7.15. The van der Waals surface area contributed by atoms with Crippen molar-refractivity contribution >= 4 is 23.3 Å². The molecule has 15 heavy (non-hydrogen) atoms. The summed E-state index contributed by atoms with van der Waals surface area (Å²) < 4.78 is 0. The molecule has 0 fully saturated rings. The number of carboxylic acid groups (broad SMARTS) is 1. The normalized spacial score (nSPS) is 12.1. The third kappa shape index (κ3) is 3.40. The Labute approximate surface area is 93.3 Å². The summed E-state index contributed by atoms with van der Waals surface area (Å²) >= 11 is 5.86. The molecule has 1 aromatic heterocycles. The van der Waals surface area contributed by atoms with E-state index in [1.807, 2.05) is 6.92 Å². The highest BCUT2D eigenvalue weighted by Gasteiger charge is 2.16. The van der Waals surface area contributed by atoms with E-state index < -0.39 is 12.0 Å². The van der Waals surface area contributed by atoms with Gasteiger partial charge < -0.3 is 10.4 Å². The van der Waals surface area contributed by atoms with Crippen molar-refractivity contribution in [2.24, 2.45) is 0 Å². The van der Waals surface area contributed by atoms with Gasteiger partial charge in [0, 0.05) is 12.4 Å². The van der Waals surface area contributed by atoms with Gasteiger partial charge in [-0.15, -0.1) is 0 Å². The van der Waals surface area contributed by atoms with E-state index in [-0.39, 0.29) is 0 Å². The molecule has 0 aliphatic carbocycles. The molecule has 0 aromatic carbocycles. The highest BCUT2D eigenvalue weighted by atomic mass is 35.5. The topological polar surface area (TPSA) is 62.2 Å². The fourth-order valence-electron chi connectivity index (χ4n) is 1.23. The summed E-state index contributed by atoms with van der Waals surface area (Å²) in [6.45, 7) is 1.94. The number of aliphatic carboxylic acids is 1. The van der Waals surface area contributed by atoms with E-state index in [1.165, 1.54) is 6.20 Å². The zero-order valence-electron chi connectivity index (χ0n) is 8.40. The van der Waals surface area contributed by atoms with Gasteiger partial charge in [-0.25, -0.2) is 4.79 Å². The second-order valence-corrected chi connectivity index (χ2v) is 3.59. The first-order valence-electron chi connectivity index (χ1n) is 4.74. The van der Waals surface area contributed by atoms with Crippen LogP contribution in [-0.4, -0.2) is 22.1 Å². The monoisotopic (exact) mass is 228 g/mol. The van der Waals surface area contributed by atoms with Crippen molar-refractivity contribution in [2.75, 3.05) is 5.32 Å². The summed E-state index contributed by atoms with van der Waals surface area (Å²) in [5.41, 5.74) is 0.604. The van der Waals surface area contributed by atoms with Crippen LogP contribution in [0.1, 0.15) is 19.8 Å². The molecule has 0 aliphatic rings. The summed E-state index contributed by atoms with van der Waals surface area (Å²) in [7, 11) is 0. The van der Waals surface area contributed by atoms with Crippen LogP contribution in [-0.2, 0) is 4.79 Å². The minimum absolute atomic E-state index is 0.430. The maximum Gasteiger partial charge on any atom is 0.326 e. The molecular weight excluding hydrogens is 216 g/mol. The molecule has 1 aromatic rings. The molecule has 1 atom stereocenters. The number of pyridine rings is 1. The minimum atomic E-state index is -0.871. The molecule has 0 amide bonds. The maximum absolute atomic E-state index is 10.9. The number of carboxylic acids is 1. The number of nitrogens with zero attached hydrogens (tertiary/aromatic N) is 1. The molecule has 1 rings (SSSR count). The van der Waals surface area contributed by atoms with E-state index in [4.69, 9.17) is 16.7 Å². The first-order valence-corrected chi connectivity index (χ1v) is 5.11. The van der Waals surface area contributed by atoms with Crippen LogP contribution < -0.4 is 5.32 Å². The lowest BCUT2D eigenvalue weighted by Gasteiger charge is -2.15. The van der Waals surface area contributed by atoms with E-state index >= 15 is 0 Å². The van der Waals surface area contributed by atoms with Crippen molar-refractivity contribution in [3.63, 3.8) is 0 Å². The molecule has 5 heteroatoms. The average Bonchev–Trinajstić information content (AvgIpc) is 2.20. The molecule has 0 aliphatic heterocycles. The van der Waals surface area contributed by atoms with Gasteiger partial charge in [0.2, 0.25) is 0 Å². The Morgan fingerprint density at radius 1 is 1.73 bits per heavy atom. The molecule has 0 spiro atoms. The summed E-state index contributed by atoms with van der Waals surface area (Å²) in [5.74, 6) is -0.871. The van der Waals surface area contributed by atoms with Gasteiger partial charge in [-0.05, 0) is 12.5 Å². The van der Waals surface area contributed by atoms with Crippen LogP contribution in [0.5, 0.6) is 0 Å². The smallest absolute Gasteiger partial charge is 0.326 e. The summed E-state index contributed by atoms with van der Waals surface area (Å²) in [6, 6.07) is 1.06. The lowest BCUT2D eigenvalue weighted by Crippen LogP contribution is -2.29. The van der Waals surface area contributed by atoms with Gasteiger partial charge in [0.1, 0.15) is 6.04 Å². The van der Waals surface area contributed by atoms with Crippen LogP contribution >= 0.6 is 11.6 Å². The van der Waals surface area contributed by atoms with Gasteiger partial charge in [0.25, 0.3) is 0 Å². The molecule has 0 bridgehead atoms. The second kappa shape index (κ2) is 5.56. The minimum Gasteiger partial charge on any atom is -0.480 e. The Morgan fingerprint density at radius 2 is 2.47 bits per heavy atom. The lowest BCUT2D eigenvalue weighted by molar-refractivity contribution is -0.138. The summed E-state index contributed by atoms with van der Waals surface area (Å²) in [6.07, 6.45) is 4.41. The maximum atomic E-state index is 10.9. The van der Waals surface area contributed by atoms with Gasteiger partial charge in [0.15, 0.2) is 0 Å². The highest BCUT2D eigenvalue weighted by molar-refractivity contribution is 6.33. The van der Waals surface area contributed by atoms with Crippen molar-refractivity contribution < 1.29 is 9.90 Å². The van der Waals surface area contributed by atoms with Gasteiger partial charge in [0.05, 0.1) is 10.7 Å². The number of hydrogen-bond acceptors (Lipinski definition) is 3. The van der Waals surface area contributed by atoms with Crippen LogP contribution in [0.2, 0.25) is 5.02 Å². The van der Waals surface area contributed by atoms with Crippen LogP contribution in [0.25, 0.3) is 0 Å². The van der Waals surface area contributed by atoms with E-state index in [9.17, 15) is 4.79 Å². The largest absolute Gasteiger partial charge is 0.480 e. The zero-order valence-corrected chi connectivity index (χ0v) is 9.16. The van der Waals surface area contributed by atoms with Gasteiger partial charge in [-0.2, -0.15) is 0 Å². The number of anilines is 1. The average molecular weight is 229 g/mol. The molecule has 1 heterocycles. The fourth-order valence-corrected chi connectivity index (χ4v) is 1.40. The Bertz CT molecular complexity index is 344. The van der Waals surface area contributed by atoms with Gasteiger partial charge >= 0.3 is 5.97 Å². The Morgan fingerprint density at radius 3 is 3.00 bits per heavy atom. The predicted molar refractivity (Wildman–Crippen MR) is 59.2 cm³/mol.